The van der Waals surface area contributed by atoms with Crippen molar-refractivity contribution in [2.75, 3.05) is 33.3 Å². The molecule has 3 N–H and O–H groups in total. The van der Waals surface area contributed by atoms with Gasteiger partial charge in [-0.2, -0.15) is 0 Å². The minimum Gasteiger partial charge on any atom is -0.481 e. The molecule has 5 amide bonds. The van der Waals surface area contributed by atoms with E-state index in [-0.39, 0.29) is 96.3 Å². The van der Waals surface area contributed by atoms with Gasteiger partial charge in [0, 0.05) is 97.7 Å². The molecule has 0 bridgehead atoms. The van der Waals surface area contributed by atoms with E-state index in [9.17, 15) is 29.1 Å². The van der Waals surface area contributed by atoms with Crippen molar-refractivity contribution in [1.29, 1.82) is 0 Å². The number of methoxy groups -OCH3 is 1. The molecular weight excluding hydrogens is 844 g/mol. The highest BCUT2D eigenvalue weighted by atomic mass is 35.5. The van der Waals surface area contributed by atoms with E-state index < -0.39 is 23.6 Å². The molecule has 15 nitrogen and oxygen atoms in total. The first-order valence-corrected chi connectivity index (χ1v) is 20.9. The Morgan fingerprint density at radius 2 is 1.58 bits per heavy atom. The number of carbonyl (C=O) groups excluding carboxylic acids is 4. The second-order valence-electron chi connectivity index (χ2n) is 16.5. The van der Waals surface area contributed by atoms with E-state index in [1.54, 1.807) is 68.3 Å². The molecule has 2 aromatic carbocycles. The number of carboxylic acid groups (broad SMARTS) is 1. The lowest BCUT2D eigenvalue weighted by Crippen LogP contribution is -2.47. The van der Waals surface area contributed by atoms with Crippen molar-refractivity contribution < 1.29 is 42.9 Å². The van der Waals surface area contributed by atoms with Crippen molar-refractivity contribution in [2.24, 2.45) is 0 Å². The van der Waals surface area contributed by atoms with Gasteiger partial charge in [0.25, 0.3) is 5.91 Å². The summed E-state index contributed by atoms with van der Waals surface area (Å²) in [5, 5.41) is 16.0. The van der Waals surface area contributed by atoms with Crippen LogP contribution in [0.1, 0.15) is 67.9 Å². The molecule has 0 spiro atoms. The van der Waals surface area contributed by atoms with Crippen LogP contribution in [0.25, 0.3) is 33.6 Å². The molecule has 3 aliphatic heterocycles. The van der Waals surface area contributed by atoms with Crippen molar-refractivity contribution >= 4 is 53.1 Å². The van der Waals surface area contributed by atoms with Gasteiger partial charge in [-0.05, 0) is 57.4 Å². The maximum absolute atomic E-state index is 15.9. The topological polar surface area (TPSA) is 184 Å². The number of nitrogens with zero attached hydrogens (tertiary/aromatic N) is 5. The lowest BCUT2D eigenvalue weighted by Gasteiger charge is -2.30. The number of carbonyl (C=O) groups is 5. The number of amides is 5. The second-order valence-corrected chi connectivity index (χ2v) is 17.2. The van der Waals surface area contributed by atoms with Gasteiger partial charge in [-0.3, -0.25) is 19.4 Å². The first-order valence-electron chi connectivity index (χ1n) is 20.1. The summed E-state index contributed by atoms with van der Waals surface area (Å²) in [5.41, 5.74) is 3.09. The van der Waals surface area contributed by atoms with Crippen LogP contribution in [-0.4, -0.2) is 111 Å². The third-order valence-corrected chi connectivity index (χ3v) is 11.7. The van der Waals surface area contributed by atoms with Crippen LogP contribution < -0.4 is 15.4 Å². The number of ether oxygens (including phenoxy) is 2. The van der Waals surface area contributed by atoms with Crippen molar-refractivity contribution in [3.63, 3.8) is 0 Å². The molecule has 0 saturated carbocycles. The normalized spacial score (nSPS) is 17.1. The van der Waals surface area contributed by atoms with Crippen LogP contribution in [0.5, 0.6) is 5.88 Å². The summed E-state index contributed by atoms with van der Waals surface area (Å²) in [4.78, 5) is 75.7. The fourth-order valence-electron chi connectivity index (χ4n) is 7.85. The van der Waals surface area contributed by atoms with E-state index >= 15 is 4.39 Å². The molecule has 0 radical (unpaired) electrons. The lowest BCUT2D eigenvalue weighted by molar-refractivity contribution is -0.120. The Morgan fingerprint density at radius 3 is 2.21 bits per heavy atom. The Hall–Kier alpha value is -6.00. The highest BCUT2D eigenvalue weighted by Crippen LogP contribution is 2.42. The van der Waals surface area contributed by atoms with E-state index in [2.05, 4.69) is 20.6 Å². The summed E-state index contributed by atoms with van der Waals surface area (Å²) < 4.78 is 27.0. The molecule has 18 heteroatoms. The van der Waals surface area contributed by atoms with Crippen molar-refractivity contribution in [2.45, 2.75) is 77.2 Å². The monoisotopic (exact) mass is 889 g/mol. The minimum atomic E-state index is -1.29. The fraction of sp³-hybridized carbons (Fsp3) is 0.386. The Bertz CT molecular complexity index is 2450. The van der Waals surface area contributed by atoms with Gasteiger partial charge < -0.3 is 39.9 Å². The number of hydrogen-bond donors (Lipinski definition) is 3. The van der Waals surface area contributed by atoms with Crippen LogP contribution in [0, 0.1) is 5.82 Å². The Morgan fingerprint density at radius 1 is 0.919 bits per heavy atom. The standard InChI is InChI=1S/C44H46Cl2FN7O8/c1-44(2,3)62-43(60)53(21-26-9-12-35(55)49-26)17-16-52-20-25-18-24(8-11-28(25)41(52)57)39-38(46)30(14-15-48-39)29-6-5-7-31(37(29)45)34-19-33(47)32(40(51-34)61-4)23-54(42(58)59)22-27-10-13-36(56)50-27/h5-8,11,14-15,18-19,26-27H,9-10,12-13,16-17,20-23H2,1-4H3,(H,49,55)(H,50,56)(H,58,59)/t26-,27-/m0/s1. The highest BCUT2D eigenvalue weighted by Gasteiger charge is 2.33. The average Bonchev–Trinajstić information content (AvgIpc) is 3.92. The van der Waals surface area contributed by atoms with Crippen molar-refractivity contribution in [3.05, 3.63) is 87.3 Å². The smallest absolute Gasteiger partial charge is 0.410 e. The molecule has 0 unspecified atom stereocenters. The number of fused-ring (bicyclic) bond motifs is 1. The molecule has 2 aromatic heterocycles. The van der Waals surface area contributed by atoms with Crippen LogP contribution in [0.15, 0.2) is 54.7 Å². The van der Waals surface area contributed by atoms with Gasteiger partial charge in [-0.1, -0.05) is 47.5 Å². The molecule has 7 rings (SSSR count). The number of hydrogen-bond acceptors (Lipinski definition) is 9. The van der Waals surface area contributed by atoms with Gasteiger partial charge in [0.15, 0.2) is 0 Å². The zero-order valence-electron chi connectivity index (χ0n) is 34.6. The molecule has 0 aliphatic carbocycles. The van der Waals surface area contributed by atoms with E-state index in [0.717, 1.165) is 10.5 Å². The van der Waals surface area contributed by atoms with Crippen molar-refractivity contribution in [1.82, 2.24) is 35.3 Å². The van der Waals surface area contributed by atoms with Crippen LogP contribution in [0.2, 0.25) is 10.0 Å². The SMILES string of the molecule is COc1nc(-c2cccc(-c3ccnc(-c4ccc5c(c4)CN(CCN(C[C@@H]4CCC(=O)N4)C(=O)OC(C)(C)C)C5=O)c3Cl)c2Cl)cc(F)c1CN(C[C@@H]1CCC(=O)N1)C(=O)O. The Labute approximate surface area is 367 Å². The van der Waals surface area contributed by atoms with Gasteiger partial charge in [0.05, 0.1) is 40.7 Å². The zero-order valence-corrected chi connectivity index (χ0v) is 36.1. The number of aromatic nitrogens is 2. The molecule has 2 saturated heterocycles. The number of pyridine rings is 2. The van der Waals surface area contributed by atoms with Gasteiger partial charge in [0.2, 0.25) is 17.7 Å². The van der Waals surface area contributed by atoms with E-state index in [1.807, 2.05) is 6.07 Å². The third-order valence-electron chi connectivity index (χ3n) is 10.9. The van der Waals surface area contributed by atoms with Crippen LogP contribution in [0.3, 0.4) is 0 Å². The van der Waals surface area contributed by atoms with Gasteiger partial charge >= 0.3 is 12.2 Å². The number of nitrogens with one attached hydrogen (secondary N) is 2. The van der Waals surface area contributed by atoms with Crippen LogP contribution >= 0.6 is 23.2 Å². The molecule has 5 heterocycles. The lowest BCUT2D eigenvalue weighted by atomic mass is 9.98. The quantitative estimate of drug-likeness (QED) is 0.125. The summed E-state index contributed by atoms with van der Waals surface area (Å²) in [7, 11) is 1.31. The summed E-state index contributed by atoms with van der Waals surface area (Å²) in [6.45, 7) is 5.94. The van der Waals surface area contributed by atoms with E-state index in [0.29, 0.717) is 59.2 Å². The molecule has 2 atom stereocenters. The summed E-state index contributed by atoms with van der Waals surface area (Å²) in [6.07, 6.45) is 1.53. The Balaban J connectivity index is 1.10. The second kappa shape index (κ2) is 18.2. The molecule has 62 heavy (non-hydrogen) atoms. The van der Waals surface area contributed by atoms with Gasteiger partial charge in [-0.25, -0.2) is 19.0 Å². The first-order chi connectivity index (χ1) is 29.5. The van der Waals surface area contributed by atoms with E-state index in [4.69, 9.17) is 32.7 Å². The predicted molar refractivity (Wildman–Crippen MR) is 228 cm³/mol. The van der Waals surface area contributed by atoms with Crippen LogP contribution in [-0.2, 0) is 27.4 Å². The van der Waals surface area contributed by atoms with Crippen LogP contribution in [0.4, 0.5) is 14.0 Å². The first kappa shape index (κ1) is 44.1. The summed E-state index contributed by atoms with van der Waals surface area (Å²) in [5.74, 6) is -1.30. The fourth-order valence-corrected chi connectivity index (χ4v) is 8.50. The molecular formula is C44H46Cl2FN7O8. The zero-order chi connectivity index (χ0) is 44.5. The largest absolute Gasteiger partial charge is 0.481 e. The molecule has 4 aromatic rings. The summed E-state index contributed by atoms with van der Waals surface area (Å²) >= 11 is 14.1. The summed E-state index contributed by atoms with van der Waals surface area (Å²) in [6, 6.07) is 12.8. The van der Waals surface area contributed by atoms with E-state index in [1.165, 1.54) is 18.1 Å². The van der Waals surface area contributed by atoms with Gasteiger partial charge in [0.1, 0.15) is 11.4 Å². The maximum atomic E-state index is 15.9. The molecule has 326 valence electrons. The number of halogens is 3. The number of rotatable bonds is 13. The average molecular weight is 891 g/mol. The number of benzene rings is 2. The predicted octanol–water partition coefficient (Wildman–Crippen LogP) is 7.16. The molecule has 3 aliphatic rings. The highest BCUT2D eigenvalue weighted by molar-refractivity contribution is 6.39. The maximum Gasteiger partial charge on any atom is 0.410 e. The third kappa shape index (κ3) is 9.71. The Kier molecular flexibility index (Phi) is 12.9. The molecule has 2 fully saturated rings. The van der Waals surface area contributed by atoms with Gasteiger partial charge in [-0.15, -0.1) is 0 Å². The minimum absolute atomic E-state index is 0.0314. The van der Waals surface area contributed by atoms with Crippen molar-refractivity contribution in [3.8, 4) is 39.5 Å².